The molecule has 1 rings (SSSR count). The van der Waals surface area contributed by atoms with E-state index in [0.29, 0.717) is 0 Å². The van der Waals surface area contributed by atoms with Gasteiger partial charge >= 0.3 is 0 Å². The number of halogens is 1. The molecular formula is C14H23FN2. The Bertz CT molecular complexity index is 324. The Morgan fingerprint density at radius 2 is 1.82 bits per heavy atom. The maximum atomic E-state index is 13.8. The molecule has 1 aromatic rings. The summed E-state index contributed by atoms with van der Waals surface area (Å²) in [6.07, 6.45) is 0. The van der Waals surface area contributed by atoms with Crippen molar-refractivity contribution in [2.24, 2.45) is 0 Å². The third-order valence-electron chi connectivity index (χ3n) is 3.07. The molecule has 0 aliphatic carbocycles. The van der Waals surface area contributed by atoms with E-state index in [1.807, 2.05) is 12.1 Å². The molecular weight excluding hydrogens is 215 g/mol. The zero-order valence-corrected chi connectivity index (χ0v) is 11.0. The minimum Gasteiger partial charge on any atom is -0.309 e. The van der Waals surface area contributed by atoms with Crippen LogP contribution in [0.5, 0.6) is 0 Å². The van der Waals surface area contributed by atoms with Crippen LogP contribution in [0.4, 0.5) is 4.39 Å². The largest absolute Gasteiger partial charge is 0.309 e. The molecule has 0 radical (unpaired) electrons. The third-order valence-corrected chi connectivity index (χ3v) is 3.07. The lowest BCUT2D eigenvalue weighted by Crippen LogP contribution is -2.35. The molecule has 2 nitrogen and oxygen atoms in total. The first-order chi connectivity index (χ1) is 8.22. The van der Waals surface area contributed by atoms with Gasteiger partial charge in [0.15, 0.2) is 0 Å². The van der Waals surface area contributed by atoms with Crippen LogP contribution in [-0.2, 0) is 0 Å². The van der Waals surface area contributed by atoms with Crippen LogP contribution >= 0.6 is 0 Å². The molecule has 0 saturated carbocycles. The van der Waals surface area contributed by atoms with Crippen LogP contribution < -0.4 is 5.32 Å². The van der Waals surface area contributed by atoms with Crippen molar-refractivity contribution < 1.29 is 4.39 Å². The normalized spacial score (nSPS) is 13.0. The van der Waals surface area contributed by atoms with Gasteiger partial charge in [-0.1, -0.05) is 39.0 Å². The van der Waals surface area contributed by atoms with Crippen molar-refractivity contribution in [2.75, 3.05) is 26.2 Å². The van der Waals surface area contributed by atoms with Gasteiger partial charge in [-0.05, 0) is 25.7 Å². The van der Waals surface area contributed by atoms with Gasteiger partial charge in [0.2, 0.25) is 0 Å². The monoisotopic (exact) mass is 238 g/mol. The van der Waals surface area contributed by atoms with Crippen LogP contribution in [0.25, 0.3) is 0 Å². The summed E-state index contributed by atoms with van der Waals surface area (Å²) >= 11 is 0. The topological polar surface area (TPSA) is 15.3 Å². The van der Waals surface area contributed by atoms with E-state index in [1.165, 1.54) is 6.07 Å². The Balaban J connectivity index is 2.81. The van der Waals surface area contributed by atoms with Gasteiger partial charge in [0.1, 0.15) is 5.82 Å². The van der Waals surface area contributed by atoms with Crippen LogP contribution in [0, 0.1) is 5.82 Å². The van der Waals surface area contributed by atoms with Gasteiger partial charge in [-0.25, -0.2) is 4.39 Å². The van der Waals surface area contributed by atoms with E-state index in [2.05, 4.69) is 31.0 Å². The fourth-order valence-electron chi connectivity index (χ4n) is 2.02. The highest BCUT2D eigenvalue weighted by molar-refractivity contribution is 5.21. The second kappa shape index (κ2) is 7.41. The molecule has 17 heavy (non-hydrogen) atoms. The molecule has 0 fully saturated rings. The molecule has 1 atom stereocenters. The maximum Gasteiger partial charge on any atom is 0.128 e. The molecule has 0 aliphatic heterocycles. The average molecular weight is 238 g/mol. The SMILES string of the molecule is CCNC(CN(CC)CC)c1ccccc1F. The summed E-state index contributed by atoms with van der Waals surface area (Å²) in [5, 5.41) is 3.36. The fraction of sp³-hybridized carbons (Fsp3) is 0.571. The smallest absolute Gasteiger partial charge is 0.128 e. The minimum atomic E-state index is -0.120. The predicted octanol–water partition coefficient (Wildman–Crippen LogP) is 2.82. The molecule has 1 aromatic carbocycles. The van der Waals surface area contributed by atoms with Crippen molar-refractivity contribution >= 4 is 0 Å². The highest BCUT2D eigenvalue weighted by atomic mass is 19.1. The summed E-state index contributed by atoms with van der Waals surface area (Å²) in [7, 11) is 0. The Morgan fingerprint density at radius 1 is 1.18 bits per heavy atom. The van der Waals surface area contributed by atoms with Crippen LogP contribution in [0.15, 0.2) is 24.3 Å². The van der Waals surface area contributed by atoms with Crippen molar-refractivity contribution in [1.29, 1.82) is 0 Å². The van der Waals surface area contributed by atoms with E-state index < -0.39 is 0 Å². The Labute approximate surface area is 104 Å². The molecule has 1 unspecified atom stereocenters. The predicted molar refractivity (Wildman–Crippen MR) is 70.6 cm³/mol. The van der Waals surface area contributed by atoms with E-state index >= 15 is 0 Å². The quantitative estimate of drug-likeness (QED) is 0.786. The minimum absolute atomic E-state index is 0.0705. The molecule has 0 aliphatic rings. The molecule has 0 spiro atoms. The Morgan fingerprint density at radius 3 is 2.35 bits per heavy atom. The van der Waals surface area contributed by atoms with Gasteiger partial charge < -0.3 is 10.2 Å². The summed E-state index contributed by atoms with van der Waals surface area (Å²) in [5.41, 5.74) is 0.765. The number of nitrogens with zero attached hydrogens (tertiary/aromatic N) is 1. The highest BCUT2D eigenvalue weighted by Gasteiger charge is 2.16. The fourth-order valence-corrected chi connectivity index (χ4v) is 2.02. The number of hydrogen-bond acceptors (Lipinski definition) is 2. The molecule has 0 aromatic heterocycles. The maximum absolute atomic E-state index is 13.8. The first-order valence-corrected chi connectivity index (χ1v) is 6.43. The zero-order chi connectivity index (χ0) is 12.7. The number of rotatable bonds is 7. The van der Waals surface area contributed by atoms with Gasteiger partial charge in [-0.15, -0.1) is 0 Å². The molecule has 0 heterocycles. The summed E-state index contributed by atoms with van der Waals surface area (Å²) in [5.74, 6) is -0.120. The Kier molecular flexibility index (Phi) is 6.16. The van der Waals surface area contributed by atoms with Gasteiger partial charge in [-0.3, -0.25) is 0 Å². The van der Waals surface area contributed by atoms with E-state index in [9.17, 15) is 4.39 Å². The van der Waals surface area contributed by atoms with E-state index in [0.717, 1.165) is 31.7 Å². The number of benzene rings is 1. The summed E-state index contributed by atoms with van der Waals surface area (Å²) in [6, 6.07) is 7.10. The molecule has 0 bridgehead atoms. The van der Waals surface area contributed by atoms with Crippen LogP contribution in [-0.4, -0.2) is 31.1 Å². The summed E-state index contributed by atoms with van der Waals surface area (Å²) < 4.78 is 13.8. The van der Waals surface area contributed by atoms with Crippen molar-refractivity contribution in [3.63, 3.8) is 0 Å². The standard InChI is InChI=1S/C14H23FN2/c1-4-16-14(11-17(5-2)6-3)12-9-7-8-10-13(12)15/h7-10,14,16H,4-6,11H2,1-3H3. The number of nitrogens with one attached hydrogen (secondary N) is 1. The lowest BCUT2D eigenvalue weighted by atomic mass is 10.1. The first-order valence-electron chi connectivity index (χ1n) is 6.43. The second-order valence-corrected chi connectivity index (χ2v) is 4.12. The molecule has 1 N–H and O–H groups in total. The van der Waals surface area contributed by atoms with E-state index in [4.69, 9.17) is 0 Å². The van der Waals surface area contributed by atoms with Crippen molar-refractivity contribution in [2.45, 2.75) is 26.8 Å². The van der Waals surface area contributed by atoms with Gasteiger partial charge in [0.25, 0.3) is 0 Å². The zero-order valence-electron chi connectivity index (χ0n) is 11.0. The van der Waals surface area contributed by atoms with E-state index in [-0.39, 0.29) is 11.9 Å². The van der Waals surface area contributed by atoms with Crippen molar-refractivity contribution in [1.82, 2.24) is 10.2 Å². The molecule has 0 saturated heterocycles. The van der Waals surface area contributed by atoms with Gasteiger partial charge in [0.05, 0.1) is 0 Å². The number of hydrogen-bond donors (Lipinski definition) is 1. The lowest BCUT2D eigenvalue weighted by Gasteiger charge is -2.26. The lowest BCUT2D eigenvalue weighted by molar-refractivity contribution is 0.264. The summed E-state index contributed by atoms with van der Waals surface area (Å²) in [4.78, 5) is 2.31. The third kappa shape index (κ3) is 4.10. The Hall–Kier alpha value is -0.930. The van der Waals surface area contributed by atoms with Gasteiger partial charge in [-0.2, -0.15) is 0 Å². The molecule has 96 valence electrons. The molecule has 3 heteroatoms. The molecule has 0 amide bonds. The second-order valence-electron chi connectivity index (χ2n) is 4.12. The van der Waals surface area contributed by atoms with Gasteiger partial charge in [0, 0.05) is 18.2 Å². The van der Waals surface area contributed by atoms with Crippen LogP contribution in [0.2, 0.25) is 0 Å². The van der Waals surface area contributed by atoms with E-state index in [1.54, 1.807) is 6.07 Å². The highest BCUT2D eigenvalue weighted by Crippen LogP contribution is 2.17. The summed E-state index contributed by atoms with van der Waals surface area (Å²) in [6.45, 7) is 10.00. The number of likely N-dealkylation sites (N-methyl/N-ethyl adjacent to an activating group) is 2. The first kappa shape index (κ1) is 14.1. The van der Waals surface area contributed by atoms with Crippen molar-refractivity contribution in [3.8, 4) is 0 Å². The van der Waals surface area contributed by atoms with Crippen LogP contribution in [0.1, 0.15) is 32.4 Å². The van der Waals surface area contributed by atoms with Crippen LogP contribution in [0.3, 0.4) is 0 Å². The average Bonchev–Trinajstić information content (AvgIpc) is 2.35. The van der Waals surface area contributed by atoms with Crippen molar-refractivity contribution in [3.05, 3.63) is 35.6 Å².